The number of hydrogen-bond donors (Lipinski definition) is 0. The van der Waals surface area contributed by atoms with E-state index in [0.717, 1.165) is 112 Å². The zero-order valence-electron chi connectivity index (χ0n) is 63.5. The van der Waals surface area contributed by atoms with Crippen LogP contribution in [0.3, 0.4) is 0 Å². The molecule has 22 rings (SSSR count). The molecule has 2 aliphatic carbocycles. The number of benzene rings is 18. The second-order valence-corrected chi connectivity index (χ2v) is 30.7. The van der Waals surface area contributed by atoms with Gasteiger partial charge in [-0.3, -0.25) is 0 Å². The van der Waals surface area contributed by atoms with Gasteiger partial charge in [0.2, 0.25) is 0 Å². The Morgan fingerprint density at radius 3 is 0.914 bits per heavy atom. The van der Waals surface area contributed by atoms with Crippen LogP contribution in [0.25, 0.3) is 195 Å². The second kappa shape index (κ2) is 28.2. The molecule has 0 N–H and O–H groups in total. The fraction of sp³-hybridized carbons (Fsp3) is 0.00885. The van der Waals surface area contributed by atoms with Crippen molar-refractivity contribution in [3.63, 3.8) is 0 Å². The van der Waals surface area contributed by atoms with E-state index in [4.69, 9.17) is 9.97 Å². The molecule has 2 heterocycles. The molecule has 0 fully saturated rings. The van der Waals surface area contributed by atoms with Gasteiger partial charge in [-0.15, -0.1) is 0 Å². The van der Waals surface area contributed by atoms with Crippen LogP contribution in [0.2, 0.25) is 0 Å². The molecule has 2 aromatic heterocycles. The fourth-order valence-corrected chi connectivity index (χ4v) is 18.5. The first-order valence-corrected chi connectivity index (χ1v) is 40.0. The topological polar surface area (TPSA) is 30.7 Å². The van der Waals surface area contributed by atoms with Gasteiger partial charge < -0.3 is 4.57 Å². The predicted molar refractivity (Wildman–Crippen MR) is 483 cm³/mol. The first-order valence-electron chi connectivity index (χ1n) is 40.0. The van der Waals surface area contributed by atoms with Crippen molar-refractivity contribution in [2.45, 2.75) is 5.41 Å². The van der Waals surface area contributed by atoms with E-state index < -0.39 is 5.41 Å². The summed E-state index contributed by atoms with van der Waals surface area (Å²) in [7, 11) is 0. The summed E-state index contributed by atoms with van der Waals surface area (Å²) in [5.74, 6) is 0.638. The molecule has 20 aromatic rings. The Bertz CT molecular complexity index is 6850. The standard InChI is InChI=1S/C113H73N3/c1-7-28-74(29-8-1)88-61-89(75-30-9-2-10-31-75)65-94(64-88)81-41-25-40-80(58-81)84-53-57-111-103(70-84)102-48-21-24-51-110(102)116(111)97-54-56-101-99-47-20-23-50-105(99)113(107(101)72-97)104-49-22-19-46-98(104)100-55-52-86(71-106(100)113)109-73-108(85-44-26-42-82(59-85)95-66-90(76-32-11-3-12-33-76)62-91(67-95)77-34-13-4-14-35-77)114-112(115-109)87-45-27-43-83(60-87)96-68-92(78-36-15-5-16-37-78)63-93(69-96)79-38-17-6-18-39-79/h1-73H. The summed E-state index contributed by atoms with van der Waals surface area (Å²) in [6.07, 6.45) is 0. The molecule has 0 saturated heterocycles. The van der Waals surface area contributed by atoms with Gasteiger partial charge in [0.1, 0.15) is 0 Å². The lowest BCUT2D eigenvalue weighted by molar-refractivity contribution is 0.793. The highest BCUT2D eigenvalue weighted by Gasteiger charge is 2.52. The maximum Gasteiger partial charge on any atom is 0.160 e. The van der Waals surface area contributed by atoms with Crippen LogP contribution in [-0.2, 0) is 5.41 Å². The Labute approximate surface area is 675 Å². The van der Waals surface area contributed by atoms with Crippen molar-refractivity contribution in [3.8, 4) is 173 Å². The van der Waals surface area contributed by atoms with Crippen LogP contribution in [0.5, 0.6) is 0 Å². The molecule has 2 aliphatic rings. The summed E-state index contributed by atoms with van der Waals surface area (Å²) in [5.41, 5.74) is 40.3. The molecule has 0 saturated carbocycles. The van der Waals surface area contributed by atoms with Crippen molar-refractivity contribution in [2.75, 3.05) is 0 Å². The van der Waals surface area contributed by atoms with Crippen LogP contribution in [0.4, 0.5) is 0 Å². The van der Waals surface area contributed by atoms with Crippen molar-refractivity contribution in [3.05, 3.63) is 465 Å². The van der Waals surface area contributed by atoms with E-state index in [-0.39, 0.29) is 0 Å². The third-order valence-electron chi connectivity index (χ3n) is 23.9. The largest absolute Gasteiger partial charge is 0.309 e. The van der Waals surface area contributed by atoms with Crippen LogP contribution >= 0.6 is 0 Å². The summed E-state index contributed by atoms with van der Waals surface area (Å²) in [6, 6.07) is 163. The van der Waals surface area contributed by atoms with Crippen molar-refractivity contribution >= 4 is 21.8 Å². The van der Waals surface area contributed by atoms with E-state index in [1.807, 2.05) is 0 Å². The molecule has 0 amide bonds. The van der Waals surface area contributed by atoms with Gasteiger partial charge in [-0.25, -0.2) is 9.97 Å². The third kappa shape index (κ3) is 11.8. The minimum atomic E-state index is -0.704. The number of para-hydroxylation sites is 1. The molecule has 18 aromatic carbocycles. The minimum Gasteiger partial charge on any atom is -0.309 e. The van der Waals surface area contributed by atoms with Crippen LogP contribution in [-0.4, -0.2) is 14.5 Å². The number of fused-ring (bicyclic) bond motifs is 13. The molecule has 3 nitrogen and oxygen atoms in total. The van der Waals surface area contributed by atoms with Crippen LogP contribution < -0.4 is 0 Å². The second-order valence-electron chi connectivity index (χ2n) is 30.7. The van der Waals surface area contributed by atoms with Gasteiger partial charge in [0.05, 0.1) is 27.8 Å². The molecule has 540 valence electrons. The maximum absolute atomic E-state index is 5.78. The molecule has 116 heavy (non-hydrogen) atoms. The molecular formula is C113H73N3. The first kappa shape index (κ1) is 67.7. The number of hydrogen-bond acceptors (Lipinski definition) is 2. The maximum atomic E-state index is 5.78. The summed E-state index contributed by atoms with van der Waals surface area (Å²) in [5, 5.41) is 2.40. The summed E-state index contributed by atoms with van der Waals surface area (Å²) in [6.45, 7) is 0. The Morgan fingerprint density at radius 1 is 0.164 bits per heavy atom. The van der Waals surface area contributed by atoms with Gasteiger partial charge >= 0.3 is 0 Å². The average Bonchev–Trinajstić information content (AvgIpc) is 1.50. The van der Waals surface area contributed by atoms with Crippen LogP contribution in [0, 0.1) is 0 Å². The Balaban J connectivity index is 0.694. The van der Waals surface area contributed by atoms with Gasteiger partial charge in [-0.2, -0.15) is 0 Å². The highest BCUT2D eigenvalue weighted by molar-refractivity contribution is 6.11. The molecule has 0 radical (unpaired) electrons. The quantitative estimate of drug-likeness (QED) is 0.109. The monoisotopic (exact) mass is 1470 g/mol. The molecule has 1 spiro atoms. The van der Waals surface area contributed by atoms with E-state index >= 15 is 0 Å². The van der Waals surface area contributed by atoms with Crippen LogP contribution in [0.1, 0.15) is 22.3 Å². The fourth-order valence-electron chi connectivity index (χ4n) is 18.5. The third-order valence-corrected chi connectivity index (χ3v) is 23.9. The zero-order chi connectivity index (χ0) is 76.6. The highest BCUT2D eigenvalue weighted by Crippen LogP contribution is 2.64. The number of aromatic nitrogens is 3. The Kier molecular flexibility index (Phi) is 16.5. The highest BCUT2D eigenvalue weighted by atomic mass is 15.0. The van der Waals surface area contributed by atoms with E-state index in [9.17, 15) is 0 Å². The predicted octanol–water partition coefficient (Wildman–Crippen LogP) is 29.6. The molecule has 0 aliphatic heterocycles. The number of rotatable bonds is 14. The molecule has 1 atom stereocenters. The summed E-state index contributed by atoms with van der Waals surface area (Å²) in [4.78, 5) is 11.5. The van der Waals surface area contributed by atoms with Crippen molar-refractivity contribution < 1.29 is 0 Å². The van der Waals surface area contributed by atoms with E-state index in [2.05, 4.69) is 447 Å². The van der Waals surface area contributed by atoms with E-state index in [1.54, 1.807) is 0 Å². The van der Waals surface area contributed by atoms with Gasteiger partial charge in [0.15, 0.2) is 5.82 Å². The first-order chi connectivity index (χ1) is 57.4. The van der Waals surface area contributed by atoms with Gasteiger partial charge in [-0.05, 0) is 271 Å². The Morgan fingerprint density at radius 2 is 0.457 bits per heavy atom. The van der Waals surface area contributed by atoms with Crippen LogP contribution in [0.15, 0.2) is 443 Å². The Hall–Kier alpha value is -15.2. The molecule has 3 heteroatoms. The SMILES string of the molecule is c1ccc(-c2cc(-c3ccccc3)cc(-c3cccc(-c4ccc5c(c4)c4ccccc4n5-c4ccc5c(c4)C4(c6ccccc6-c6ccc(-c7cc(-c8cccc(-c9cc(-c%10ccccc%10)cc(-c%10ccccc%10)c9)c8)nc(-c8cccc(-c9cc(-c%10ccccc%10)cc(-c%10ccccc%10)c9)c8)n7)cc64)c4ccccc4-5)c3)c2)cc1. The smallest absolute Gasteiger partial charge is 0.160 e. The zero-order valence-corrected chi connectivity index (χ0v) is 63.5. The average molecular weight is 1470 g/mol. The molecule has 1 unspecified atom stereocenters. The normalized spacial score (nSPS) is 13.0. The summed E-state index contributed by atoms with van der Waals surface area (Å²) >= 11 is 0. The van der Waals surface area contributed by atoms with Gasteiger partial charge in [-0.1, -0.05) is 328 Å². The van der Waals surface area contributed by atoms with E-state index in [1.165, 1.54) is 99.8 Å². The van der Waals surface area contributed by atoms with Crippen molar-refractivity contribution in [1.82, 2.24) is 14.5 Å². The van der Waals surface area contributed by atoms with Crippen molar-refractivity contribution in [1.29, 1.82) is 0 Å². The molecular weight excluding hydrogens is 1400 g/mol. The lowest BCUT2D eigenvalue weighted by atomic mass is 9.70. The molecule has 0 bridgehead atoms. The lowest BCUT2D eigenvalue weighted by Crippen LogP contribution is -2.26. The van der Waals surface area contributed by atoms with Gasteiger partial charge in [0, 0.05) is 33.2 Å². The van der Waals surface area contributed by atoms with Crippen molar-refractivity contribution in [2.24, 2.45) is 0 Å². The number of nitrogens with zero attached hydrogens (tertiary/aromatic N) is 3. The van der Waals surface area contributed by atoms with Gasteiger partial charge in [0.25, 0.3) is 0 Å². The lowest BCUT2D eigenvalue weighted by Gasteiger charge is -2.31. The summed E-state index contributed by atoms with van der Waals surface area (Å²) < 4.78 is 2.50. The van der Waals surface area contributed by atoms with E-state index in [0.29, 0.717) is 5.82 Å². The minimum absolute atomic E-state index is 0.638.